The number of nitrogens with zero attached hydrogens (tertiary/aromatic N) is 2. The van der Waals surface area contributed by atoms with Gasteiger partial charge in [-0.15, -0.1) is 0 Å². The standard InChI is InChI=1S/C16H18N4/c17-16(18)15-13(6-3-9-19-15)11-20-10-4-7-12-5-1-2-8-14(12)20/h1-3,5-6,8-9H,4,7,10-11H2,(H3,17,18). The van der Waals surface area contributed by atoms with Crippen LogP contribution < -0.4 is 10.6 Å². The number of anilines is 1. The third-order valence-electron chi connectivity index (χ3n) is 3.71. The fourth-order valence-electron chi connectivity index (χ4n) is 2.79. The minimum Gasteiger partial charge on any atom is -0.382 e. The van der Waals surface area contributed by atoms with Crippen LogP contribution in [-0.2, 0) is 13.0 Å². The maximum Gasteiger partial charge on any atom is 0.142 e. The Morgan fingerprint density at radius 3 is 2.95 bits per heavy atom. The quantitative estimate of drug-likeness (QED) is 0.662. The molecule has 0 atom stereocenters. The summed E-state index contributed by atoms with van der Waals surface area (Å²) in [6.45, 7) is 1.78. The topological polar surface area (TPSA) is 66.0 Å². The first-order valence-corrected chi connectivity index (χ1v) is 6.87. The number of rotatable bonds is 3. The number of nitrogen functional groups attached to an aromatic ring is 1. The molecule has 4 nitrogen and oxygen atoms in total. The first-order chi connectivity index (χ1) is 9.75. The third-order valence-corrected chi connectivity index (χ3v) is 3.71. The SMILES string of the molecule is N=C(N)c1ncccc1CN1CCCc2ccccc21. The molecule has 3 N–H and O–H groups in total. The summed E-state index contributed by atoms with van der Waals surface area (Å²) in [5.74, 6) is 0.0332. The van der Waals surface area contributed by atoms with Crippen LogP contribution in [-0.4, -0.2) is 17.4 Å². The molecule has 20 heavy (non-hydrogen) atoms. The van der Waals surface area contributed by atoms with Gasteiger partial charge in [0.05, 0.1) is 0 Å². The van der Waals surface area contributed by atoms with Crippen molar-refractivity contribution in [1.82, 2.24) is 4.98 Å². The molecule has 0 radical (unpaired) electrons. The van der Waals surface area contributed by atoms with Crippen molar-refractivity contribution >= 4 is 11.5 Å². The van der Waals surface area contributed by atoms with Crippen LogP contribution in [0.25, 0.3) is 0 Å². The Morgan fingerprint density at radius 1 is 1.25 bits per heavy atom. The first-order valence-electron chi connectivity index (χ1n) is 6.87. The fourth-order valence-corrected chi connectivity index (χ4v) is 2.79. The summed E-state index contributed by atoms with van der Waals surface area (Å²) < 4.78 is 0. The zero-order valence-corrected chi connectivity index (χ0v) is 11.3. The highest BCUT2D eigenvalue weighted by Crippen LogP contribution is 2.28. The molecule has 1 aromatic heterocycles. The Kier molecular flexibility index (Phi) is 3.37. The molecule has 0 unspecified atom stereocenters. The van der Waals surface area contributed by atoms with E-state index in [9.17, 15) is 0 Å². The number of amidine groups is 1. The zero-order chi connectivity index (χ0) is 13.9. The molecule has 0 fully saturated rings. The van der Waals surface area contributed by atoms with Crippen LogP contribution in [0.3, 0.4) is 0 Å². The second-order valence-corrected chi connectivity index (χ2v) is 5.08. The summed E-state index contributed by atoms with van der Waals surface area (Å²) in [6, 6.07) is 12.4. The van der Waals surface area contributed by atoms with Gasteiger partial charge in [0.25, 0.3) is 0 Å². The van der Waals surface area contributed by atoms with E-state index in [1.807, 2.05) is 12.1 Å². The lowest BCUT2D eigenvalue weighted by atomic mass is 10.0. The molecule has 0 spiro atoms. The summed E-state index contributed by atoms with van der Waals surface area (Å²) in [5.41, 5.74) is 9.90. The molecule has 2 heterocycles. The molecule has 102 valence electrons. The number of nitrogens with two attached hydrogens (primary N) is 1. The third kappa shape index (κ3) is 2.37. The molecule has 4 heteroatoms. The number of para-hydroxylation sites is 1. The van der Waals surface area contributed by atoms with Crippen molar-refractivity contribution < 1.29 is 0 Å². The van der Waals surface area contributed by atoms with Gasteiger partial charge in [0, 0.05) is 30.5 Å². The van der Waals surface area contributed by atoms with Crippen LogP contribution in [0.1, 0.15) is 23.2 Å². The van der Waals surface area contributed by atoms with Crippen molar-refractivity contribution in [2.24, 2.45) is 5.73 Å². The molecule has 1 aliphatic rings. The van der Waals surface area contributed by atoms with Crippen molar-refractivity contribution in [3.8, 4) is 0 Å². The van der Waals surface area contributed by atoms with E-state index in [1.165, 1.54) is 11.3 Å². The van der Waals surface area contributed by atoms with Crippen molar-refractivity contribution in [3.63, 3.8) is 0 Å². The van der Waals surface area contributed by atoms with Gasteiger partial charge in [0.2, 0.25) is 0 Å². The van der Waals surface area contributed by atoms with E-state index < -0.39 is 0 Å². The number of benzene rings is 1. The predicted octanol–water partition coefficient (Wildman–Crippen LogP) is 2.32. The van der Waals surface area contributed by atoms with Crippen molar-refractivity contribution in [2.45, 2.75) is 19.4 Å². The molecule has 0 amide bonds. The highest BCUT2D eigenvalue weighted by Gasteiger charge is 2.18. The lowest BCUT2D eigenvalue weighted by Crippen LogP contribution is -2.30. The van der Waals surface area contributed by atoms with Crippen molar-refractivity contribution in [1.29, 1.82) is 5.41 Å². The van der Waals surface area contributed by atoms with Crippen molar-refractivity contribution in [2.75, 3.05) is 11.4 Å². The normalized spacial score (nSPS) is 13.9. The Hall–Kier alpha value is -2.36. The van der Waals surface area contributed by atoms with E-state index in [1.54, 1.807) is 6.20 Å². The van der Waals surface area contributed by atoms with Gasteiger partial charge in [-0.2, -0.15) is 0 Å². The summed E-state index contributed by atoms with van der Waals surface area (Å²) in [4.78, 5) is 6.57. The lowest BCUT2D eigenvalue weighted by Gasteiger charge is -2.31. The fraction of sp³-hybridized carbons (Fsp3) is 0.250. The predicted molar refractivity (Wildman–Crippen MR) is 81.1 cm³/mol. The van der Waals surface area contributed by atoms with E-state index >= 15 is 0 Å². The number of fused-ring (bicyclic) bond motifs is 1. The number of hydrogen-bond acceptors (Lipinski definition) is 3. The Morgan fingerprint density at radius 2 is 2.10 bits per heavy atom. The minimum atomic E-state index is 0.0332. The van der Waals surface area contributed by atoms with Crippen LogP contribution >= 0.6 is 0 Å². The Labute approximate surface area is 118 Å². The highest BCUT2D eigenvalue weighted by molar-refractivity contribution is 5.94. The average molecular weight is 266 g/mol. The first kappa shape index (κ1) is 12.7. The molecular weight excluding hydrogens is 248 g/mol. The number of aryl methyl sites for hydroxylation is 1. The number of nitrogens with one attached hydrogen (secondary N) is 1. The lowest BCUT2D eigenvalue weighted by molar-refractivity contribution is 0.689. The van der Waals surface area contributed by atoms with Gasteiger partial charge in [-0.1, -0.05) is 24.3 Å². The molecule has 0 bridgehead atoms. The molecule has 3 rings (SSSR count). The van der Waals surface area contributed by atoms with Gasteiger partial charge < -0.3 is 10.6 Å². The van der Waals surface area contributed by atoms with Gasteiger partial charge in [0.15, 0.2) is 0 Å². The van der Waals surface area contributed by atoms with Crippen LogP contribution in [0.15, 0.2) is 42.6 Å². The number of hydrogen-bond donors (Lipinski definition) is 2. The molecule has 0 aliphatic carbocycles. The summed E-state index contributed by atoms with van der Waals surface area (Å²) in [6.07, 6.45) is 3.98. The number of aromatic nitrogens is 1. The second-order valence-electron chi connectivity index (χ2n) is 5.08. The summed E-state index contributed by atoms with van der Waals surface area (Å²) in [5, 5.41) is 7.64. The van der Waals surface area contributed by atoms with E-state index in [4.69, 9.17) is 11.1 Å². The summed E-state index contributed by atoms with van der Waals surface area (Å²) in [7, 11) is 0. The van der Waals surface area contributed by atoms with Gasteiger partial charge in [-0.3, -0.25) is 10.4 Å². The van der Waals surface area contributed by atoms with E-state index in [2.05, 4.69) is 34.1 Å². The van der Waals surface area contributed by atoms with Crippen LogP contribution in [0.4, 0.5) is 5.69 Å². The van der Waals surface area contributed by atoms with E-state index in [-0.39, 0.29) is 5.84 Å². The van der Waals surface area contributed by atoms with Gasteiger partial charge in [0.1, 0.15) is 11.5 Å². The maximum atomic E-state index is 7.64. The maximum absolute atomic E-state index is 7.64. The Balaban J connectivity index is 1.92. The molecule has 2 aromatic rings. The smallest absolute Gasteiger partial charge is 0.142 e. The molecular formula is C16H18N4. The van der Waals surface area contributed by atoms with Gasteiger partial charge >= 0.3 is 0 Å². The number of pyridine rings is 1. The van der Waals surface area contributed by atoms with Crippen LogP contribution in [0.5, 0.6) is 0 Å². The molecule has 0 saturated carbocycles. The Bertz CT molecular complexity index is 636. The highest BCUT2D eigenvalue weighted by atomic mass is 15.1. The average Bonchev–Trinajstić information content (AvgIpc) is 2.48. The van der Waals surface area contributed by atoms with Crippen molar-refractivity contribution in [3.05, 3.63) is 59.4 Å². The van der Waals surface area contributed by atoms with Gasteiger partial charge in [-0.25, -0.2) is 0 Å². The summed E-state index contributed by atoms with van der Waals surface area (Å²) >= 11 is 0. The molecule has 1 aliphatic heterocycles. The van der Waals surface area contributed by atoms with E-state index in [0.29, 0.717) is 5.69 Å². The largest absolute Gasteiger partial charge is 0.382 e. The van der Waals surface area contributed by atoms with Gasteiger partial charge in [-0.05, 0) is 30.5 Å². The second kappa shape index (κ2) is 5.33. The molecule has 1 aromatic carbocycles. The molecule has 0 saturated heterocycles. The van der Waals surface area contributed by atoms with E-state index in [0.717, 1.165) is 31.5 Å². The zero-order valence-electron chi connectivity index (χ0n) is 11.3. The van der Waals surface area contributed by atoms with Crippen LogP contribution in [0.2, 0.25) is 0 Å². The minimum absolute atomic E-state index is 0.0332. The monoisotopic (exact) mass is 266 g/mol. The van der Waals surface area contributed by atoms with Crippen LogP contribution in [0, 0.1) is 5.41 Å².